The second-order valence-corrected chi connectivity index (χ2v) is 5.41. The molecule has 2 amide bonds. The van der Waals surface area contributed by atoms with Gasteiger partial charge in [0, 0.05) is 20.5 Å². The summed E-state index contributed by atoms with van der Waals surface area (Å²) in [6, 6.07) is 5.91. The van der Waals surface area contributed by atoms with E-state index in [1.165, 1.54) is 28.8 Å². The molecule has 1 N–H and O–H groups in total. The van der Waals surface area contributed by atoms with Crippen LogP contribution in [0.5, 0.6) is 0 Å². The Morgan fingerprint density at radius 2 is 2.20 bits per heavy atom. The zero-order valence-electron chi connectivity index (χ0n) is 11.1. The summed E-state index contributed by atoms with van der Waals surface area (Å²) >= 11 is 1.20. The molecule has 1 aromatic carbocycles. The van der Waals surface area contributed by atoms with Gasteiger partial charge in [0.15, 0.2) is 5.17 Å². The van der Waals surface area contributed by atoms with Gasteiger partial charge in [-0.2, -0.15) is 0 Å². The number of carbonyl (C=O) groups is 2. The van der Waals surface area contributed by atoms with E-state index >= 15 is 0 Å². The number of hydrogen-bond donors (Lipinski definition) is 1. The number of amides is 2. The molecule has 7 heteroatoms. The third-order valence-corrected chi connectivity index (χ3v) is 4.22. The van der Waals surface area contributed by atoms with E-state index in [-0.39, 0.29) is 18.0 Å². The average molecular weight is 295 g/mol. The van der Waals surface area contributed by atoms with Crippen molar-refractivity contribution in [2.24, 2.45) is 4.99 Å². The van der Waals surface area contributed by atoms with E-state index in [9.17, 15) is 14.0 Å². The van der Waals surface area contributed by atoms with E-state index < -0.39 is 17.0 Å². The number of para-hydroxylation sites is 1. The Kier molecular flexibility index (Phi) is 4.39. The quantitative estimate of drug-likeness (QED) is 0.903. The minimum absolute atomic E-state index is 0.0699. The Morgan fingerprint density at radius 1 is 1.50 bits per heavy atom. The van der Waals surface area contributed by atoms with Gasteiger partial charge in [-0.25, -0.2) is 4.39 Å². The molecule has 1 aliphatic rings. The Balaban J connectivity index is 2.10. The zero-order valence-corrected chi connectivity index (χ0v) is 11.9. The SMILES string of the molecule is CN=C1S[C@@H](C(=O)Nc2ccccc2F)CC(=O)N1C. The maximum Gasteiger partial charge on any atom is 0.238 e. The fraction of sp³-hybridized carbons (Fsp3) is 0.308. The molecule has 0 bridgehead atoms. The summed E-state index contributed by atoms with van der Waals surface area (Å²) in [6.07, 6.45) is 0.0699. The van der Waals surface area contributed by atoms with Crippen LogP contribution in [0, 0.1) is 5.82 Å². The summed E-state index contributed by atoms with van der Waals surface area (Å²) in [7, 11) is 3.17. The number of carbonyl (C=O) groups excluding carboxylic acids is 2. The van der Waals surface area contributed by atoms with Gasteiger partial charge in [-0.15, -0.1) is 0 Å². The number of hydrogen-bond acceptors (Lipinski definition) is 4. The molecular weight excluding hydrogens is 281 g/mol. The first kappa shape index (κ1) is 14.5. The molecule has 1 saturated heterocycles. The van der Waals surface area contributed by atoms with Gasteiger partial charge >= 0.3 is 0 Å². The van der Waals surface area contributed by atoms with Crippen molar-refractivity contribution in [2.45, 2.75) is 11.7 Å². The lowest BCUT2D eigenvalue weighted by molar-refractivity contribution is -0.128. The van der Waals surface area contributed by atoms with Crippen LogP contribution in [-0.2, 0) is 9.59 Å². The van der Waals surface area contributed by atoms with Crippen LogP contribution in [-0.4, -0.2) is 41.2 Å². The van der Waals surface area contributed by atoms with Crippen molar-refractivity contribution in [3.8, 4) is 0 Å². The maximum atomic E-state index is 13.5. The van der Waals surface area contributed by atoms with Crippen molar-refractivity contribution >= 4 is 34.4 Å². The number of amidine groups is 1. The number of aliphatic imine (C=N–C) groups is 1. The number of nitrogens with one attached hydrogen (secondary N) is 1. The van der Waals surface area contributed by atoms with Gasteiger partial charge in [0.05, 0.1) is 5.69 Å². The van der Waals surface area contributed by atoms with Crippen LogP contribution in [0.25, 0.3) is 0 Å². The largest absolute Gasteiger partial charge is 0.323 e. The first-order valence-corrected chi connectivity index (χ1v) is 6.86. The minimum Gasteiger partial charge on any atom is -0.323 e. The molecule has 106 valence electrons. The molecule has 0 saturated carbocycles. The average Bonchev–Trinajstić information content (AvgIpc) is 2.44. The molecule has 1 heterocycles. The van der Waals surface area contributed by atoms with Crippen LogP contribution in [0.2, 0.25) is 0 Å². The summed E-state index contributed by atoms with van der Waals surface area (Å²) in [4.78, 5) is 29.3. The van der Waals surface area contributed by atoms with Gasteiger partial charge in [0.2, 0.25) is 11.8 Å². The van der Waals surface area contributed by atoms with Gasteiger partial charge in [-0.05, 0) is 12.1 Å². The third-order valence-electron chi connectivity index (χ3n) is 2.88. The molecule has 2 rings (SSSR count). The van der Waals surface area contributed by atoms with E-state index in [1.54, 1.807) is 26.2 Å². The number of rotatable bonds is 2. The van der Waals surface area contributed by atoms with Crippen molar-refractivity contribution in [1.29, 1.82) is 0 Å². The lowest BCUT2D eigenvalue weighted by Crippen LogP contribution is -2.43. The van der Waals surface area contributed by atoms with Crippen molar-refractivity contribution in [2.75, 3.05) is 19.4 Å². The Hall–Kier alpha value is -1.89. The predicted octanol–water partition coefficient (Wildman–Crippen LogP) is 1.71. The fourth-order valence-electron chi connectivity index (χ4n) is 1.77. The maximum absolute atomic E-state index is 13.5. The minimum atomic E-state index is -0.600. The molecule has 0 spiro atoms. The van der Waals surface area contributed by atoms with Crippen molar-refractivity contribution in [3.63, 3.8) is 0 Å². The highest BCUT2D eigenvalue weighted by Crippen LogP contribution is 2.26. The third kappa shape index (κ3) is 2.98. The molecule has 1 fully saturated rings. The second-order valence-electron chi connectivity index (χ2n) is 4.24. The van der Waals surface area contributed by atoms with E-state index in [1.807, 2.05) is 0 Å². The van der Waals surface area contributed by atoms with Gasteiger partial charge < -0.3 is 5.32 Å². The van der Waals surface area contributed by atoms with Crippen LogP contribution in [0.15, 0.2) is 29.3 Å². The summed E-state index contributed by atoms with van der Waals surface area (Å²) in [5, 5.41) is 2.38. The van der Waals surface area contributed by atoms with Crippen LogP contribution < -0.4 is 5.32 Å². The Bertz CT molecular complexity index is 576. The summed E-state index contributed by atoms with van der Waals surface area (Å²) < 4.78 is 13.5. The highest BCUT2D eigenvalue weighted by atomic mass is 32.2. The van der Waals surface area contributed by atoms with E-state index in [2.05, 4.69) is 10.3 Å². The van der Waals surface area contributed by atoms with E-state index in [0.717, 1.165) is 0 Å². The van der Waals surface area contributed by atoms with Gasteiger partial charge in [0.1, 0.15) is 11.1 Å². The number of halogens is 1. The van der Waals surface area contributed by atoms with Crippen LogP contribution in [0.3, 0.4) is 0 Å². The monoisotopic (exact) mass is 295 g/mol. The molecule has 0 unspecified atom stereocenters. The van der Waals surface area contributed by atoms with Gasteiger partial charge in [-0.1, -0.05) is 23.9 Å². The number of nitrogens with zero attached hydrogens (tertiary/aromatic N) is 2. The van der Waals surface area contributed by atoms with E-state index in [0.29, 0.717) is 5.17 Å². The number of thioether (sulfide) groups is 1. The second kappa shape index (κ2) is 6.04. The smallest absolute Gasteiger partial charge is 0.238 e. The van der Waals surface area contributed by atoms with E-state index in [4.69, 9.17) is 0 Å². The first-order valence-electron chi connectivity index (χ1n) is 5.98. The molecule has 0 radical (unpaired) electrons. The molecule has 1 aliphatic heterocycles. The topological polar surface area (TPSA) is 61.8 Å². The lowest BCUT2D eigenvalue weighted by Gasteiger charge is -2.28. The molecule has 0 aliphatic carbocycles. The predicted molar refractivity (Wildman–Crippen MR) is 77.2 cm³/mol. The molecule has 1 aromatic rings. The number of benzene rings is 1. The molecule has 5 nitrogen and oxygen atoms in total. The standard InChI is InChI=1S/C13H14FN3O2S/c1-15-13-17(2)11(18)7-10(20-13)12(19)16-9-6-4-3-5-8(9)14/h3-6,10H,7H2,1-2H3,(H,16,19)/t10-/m1/s1. The fourth-order valence-corrected chi connectivity index (χ4v) is 2.79. The molecule has 1 atom stereocenters. The zero-order chi connectivity index (χ0) is 14.7. The Labute approximate surface area is 120 Å². The molecule has 0 aromatic heterocycles. The van der Waals surface area contributed by atoms with Crippen molar-refractivity contribution in [3.05, 3.63) is 30.1 Å². The highest BCUT2D eigenvalue weighted by Gasteiger charge is 2.33. The van der Waals surface area contributed by atoms with Crippen LogP contribution in [0.1, 0.15) is 6.42 Å². The summed E-state index contributed by atoms with van der Waals surface area (Å²) in [5.41, 5.74) is 0.111. The summed E-state index contributed by atoms with van der Waals surface area (Å²) in [5.74, 6) is -1.09. The normalized spacial score (nSPS) is 21.1. The molecule has 20 heavy (non-hydrogen) atoms. The summed E-state index contributed by atoms with van der Waals surface area (Å²) in [6.45, 7) is 0. The van der Waals surface area contributed by atoms with Crippen molar-refractivity contribution < 1.29 is 14.0 Å². The molecular formula is C13H14FN3O2S. The number of anilines is 1. The first-order chi connectivity index (χ1) is 9.52. The Morgan fingerprint density at radius 3 is 2.85 bits per heavy atom. The van der Waals surface area contributed by atoms with Crippen LogP contribution in [0.4, 0.5) is 10.1 Å². The highest BCUT2D eigenvalue weighted by molar-refractivity contribution is 8.15. The van der Waals surface area contributed by atoms with Crippen LogP contribution >= 0.6 is 11.8 Å². The van der Waals surface area contributed by atoms with Gasteiger partial charge in [-0.3, -0.25) is 19.5 Å². The lowest BCUT2D eigenvalue weighted by atomic mass is 10.2. The van der Waals surface area contributed by atoms with Gasteiger partial charge in [0.25, 0.3) is 0 Å². The van der Waals surface area contributed by atoms with Crippen molar-refractivity contribution in [1.82, 2.24) is 4.90 Å².